The van der Waals surface area contributed by atoms with E-state index >= 15 is 0 Å². The van der Waals surface area contributed by atoms with E-state index in [2.05, 4.69) is 60.6 Å². The number of hydrogen-bond acceptors (Lipinski definition) is 1. The number of allylic oxidation sites excluding steroid dienone is 2. The Morgan fingerprint density at radius 1 is 0.952 bits per heavy atom. The summed E-state index contributed by atoms with van der Waals surface area (Å²) in [7, 11) is 0. The van der Waals surface area contributed by atoms with Crippen molar-refractivity contribution in [1.29, 1.82) is 0 Å². The standard InChI is InChI=1S/C20H34O/c1-12-13(2)15(4)17(14(12)3)10-8-9-16-11-18-20(7,21-18)19(16,5)6/h8,10,12-18H,9,11H2,1-7H3/b10-8+. The molecule has 0 aromatic heterocycles. The monoisotopic (exact) mass is 290 g/mol. The van der Waals surface area contributed by atoms with Crippen molar-refractivity contribution in [2.24, 2.45) is 40.9 Å². The highest BCUT2D eigenvalue weighted by atomic mass is 16.6. The summed E-state index contributed by atoms with van der Waals surface area (Å²) < 4.78 is 5.90. The number of hydrogen-bond donors (Lipinski definition) is 0. The van der Waals surface area contributed by atoms with Crippen LogP contribution in [0.2, 0.25) is 0 Å². The van der Waals surface area contributed by atoms with E-state index in [1.807, 2.05) is 0 Å². The van der Waals surface area contributed by atoms with E-state index in [0.717, 1.165) is 35.5 Å². The Kier molecular flexibility index (Phi) is 3.60. The Hall–Kier alpha value is -0.300. The summed E-state index contributed by atoms with van der Waals surface area (Å²) in [5.41, 5.74) is 0.498. The second-order valence-electron chi connectivity index (χ2n) is 9.05. The lowest BCUT2D eigenvalue weighted by atomic mass is 9.73. The molecule has 7 unspecified atom stereocenters. The van der Waals surface area contributed by atoms with Crippen LogP contribution < -0.4 is 0 Å². The molecule has 2 saturated carbocycles. The average molecular weight is 290 g/mol. The number of fused-ring (bicyclic) bond motifs is 1. The summed E-state index contributed by atoms with van der Waals surface area (Å²) in [5, 5.41) is 0. The fraction of sp³-hybridized carbons (Fsp3) is 0.900. The predicted molar refractivity (Wildman–Crippen MR) is 89.1 cm³/mol. The lowest BCUT2D eigenvalue weighted by Crippen LogP contribution is -2.32. The Bertz CT molecular complexity index is 423. The molecule has 21 heavy (non-hydrogen) atoms. The third-order valence-electron chi connectivity index (χ3n) is 8.22. The molecular formula is C20H34O. The summed E-state index contributed by atoms with van der Waals surface area (Å²) in [6.07, 6.45) is 8.09. The van der Waals surface area contributed by atoms with Gasteiger partial charge in [0.05, 0.1) is 11.7 Å². The minimum atomic E-state index is 0.169. The molecule has 2 aliphatic carbocycles. The van der Waals surface area contributed by atoms with Crippen LogP contribution in [-0.4, -0.2) is 11.7 Å². The number of epoxide rings is 1. The quantitative estimate of drug-likeness (QED) is 0.507. The van der Waals surface area contributed by atoms with Gasteiger partial charge in [-0.1, -0.05) is 53.7 Å². The molecule has 0 spiro atoms. The third-order valence-corrected chi connectivity index (χ3v) is 8.22. The normalized spacial score (nSPS) is 55.1. The summed E-state index contributed by atoms with van der Waals surface area (Å²) >= 11 is 0. The van der Waals surface area contributed by atoms with Crippen LogP contribution in [0.4, 0.5) is 0 Å². The first-order valence-corrected chi connectivity index (χ1v) is 9.04. The molecule has 1 aliphatic heterocycles. The second kappa shape index (κ2) is 4.85. The van der Waals surface area contributed by atoms with Crippen molar-refractivity contribution >= 4 is 0 Å². The van der Waals surface area contributed by atoms with Crippen LogP contribution >= 0.6 is 0 Å². The molecule has 0 amide bonds. The fourth-order valence-corrected chi connectivity index (χ4v) is 5.34. The van der Waals surface area contributed by atoms with Gasteiger partial charge in [0.2, 0.25) is 0 Å². The molecular weight excluding hydrogens is 256 g/mol. The van der Waals surface area contributed by atoms with E-state index in [1.165, 1.54) is 12.8 Å². The van der Waals surface area contributed by atoms with Crippen molar-refractivity contribution in [1.82, 2.24) is 0 Å². The first kappa shape index (κ1) is 15.6. The van der Waals surface area contributed by atoms with Gasteiger partial charge in [0.25, 0.3) is 0 Å². The van der Waals surface area contributed by atoms with Crippen LogP contribution in [0.3, 0.4) is 0 Å². The van der Waals surface area contributed by atoms with Gasteiger partial charge in [-0.05, 0) is 60.7 Å². The Balaban J connectivity index is 1.61. The summed E-state index contributed by atoms with van der Waals surface area (Å²) in [4.78, 5) is 0. The van der Waals surface area contributed by atoms with E-state index in [0.29, 0.717) is 11.5 Å². The van der Waals surface area contributed by atoms with Gasteiger partial charge >= 0.3 is 0 Å². The number of ether oxygens (including phenoxy) is 1. The maximum Gasteiger partial charge on any atom is 0.0973 e. The fourth-order valence-electron chi connectivity index (χ4n) is 5.34. The number of rotatable bonds is 3. The Morgan fingerprint density at radius 2 is 1.52 bits per heavy atom. The first-order chi connectivity index (χ1) is 9.70. The molecule has 3 fully saturated rings. The van der Waals surface area contributed by atoms with Crippen LogP contribution in [0.15, 0.2) is 12.2 Å². The third kappa shape index (κ3) is 2.14. The van der Waals surface area contributed by atoms with Crippen LogP contribution in [0.5, 0.6) is 0 Å². The highest BCUT2D eigenvalue weighted by Crippen LogP contribution is 2.64. The molecule has 1 saturated heterocycles. The average Bonchev–Trinajstić information content (AvgIpc) is 3.01. The molecule has 0 radical (unpaired) electrons. The van der Waals surface area contributed by atoms with Crippen LogP contribution in [0, 0.1) is 40.9 Å². The van der Waals surface area contributed by atoms with Crippen LogP contribution in [-0.2, 0) is 4.74 Å². The predicted octanol–water partition coefficient (Wildman–Crippen LogP) is 5.31. The van der Waals surface area contributed by atoms with E-state index in [9.17, 15) is 0 Å². The van der Waals surface area contributed by atoms with Crippen molar-refractivity contribution in [2.45, 2.75) is 73.0 Å². The second-order valence-corrected chi connectivity index (χ2v) is 9.05. The largest absolute Gasteiger partial charge is 0.366 e. The smallest absolute Gasteiger partial charge is 0.0973 e. The van der Waals surface area contributed by atoms with E-state index in [4.69, 9.17) is 4.74 Å². The molecule has 1 nitrogen and oxygen atoms in total. The molecule has 0 bridgehead atoms. The molecule has 3 aliphatic rings. The molecule has 3 rings (SSSR count). The van der Waals surface area contributed by atoms with E-state index < -0.39 is 0 Å². The first-order valence-electron chi connectivity index (χ1n) is 9.04. The molecule has 120 valence electrons. The van der Waals surface area contributed by atoms with Crippen molar-refractivity contribution in [3.05, 3.63) is 12.2 Å². The minimum Gasteiger partial charge on any atom is -0.366 e. The maximum absolute atomic E-state index is 5.90. The molecule has 0 aromatic carbocycles. The molecule has 1 heteroatoms. The molecule has 0 N–H and O–H groups in total. The zero-order valence-electron chi connectivity index (χ0n) is 15.0. The van der Waals surface area contributed by atoms with Gasteiger partial charge in [0.15, 0.2) is 0 Å². The van der Waals surface area contributed by atoms with Gasteiger partial charge in [-0.2, -0.15) is 0 Å². The zero-order chi connectivity index (χ0) is 15.6. The van der Waals surface area contributed by atoms with Crippen LogP contribution in [0.25, 0.3) is 0 Å². The molecule has 0 aromatic rings. The summed E-state index contributed by atoms with van der Waals surface area (Å²) in [6, 6.07) is 0. The molecule has 1 heterocycles. The highest BCUT2D eigenvalue weighted by Gasteiger charge is 2.69. The van der Waals surface area contributed by atoms with Crippen molar-refractivity contribution < 1.29 is 4.74 Å². The highest BCUT2D eigenvalue weighted by molar-refractivity contribution is 5.18. The van der Waals surface area contributed by atoms with Gasteiger partial charge in [-0.3, -0.25) is 0 Å². The van der Waals surface area contributed by atoms with Crippen molar-refractivity contribution in [3.8, 4) is 0 Å². The molecule has 7 atom stereocenters. The minimum absolute atomic E-state index is 0.169. The van der Waals surface area contributed by atoms with Crippen molar-refractivity contribution in [3.63, 3.8) is 0 Å². The van der Waals surface area contributed by atoms with E-state index in [-0.39, 0.29) is 5.60 Å². The topological polar surface area (TPSA) is 12.5 Å². The van der Waals surface area contributed by atoms with Crippen molar-refractivity contribution in [2.75, 3.05) is 0 Å². The van der Waals surface area contributed by atoms with Crippen LogP contribution in [0.1, 0.15) is 61.3 Å². The Labute approximate surface area is 131 Å². The van der Waals surface area contributed by atoms with Gasteiger partial charge in [0, 0.05) is 0 Å². The van der Waals surface area contributed by atoms with Gasteiger partial charge in [-0.15, -0.1) is 0 Å². The van der Waals surface area contributed by atoms with Gasteiger partial charge in [-0.25, -0.2) is 0 Å². The lowest BCUT2D eigenvalue weighted by Gasteiger charge is -2.33. The maximum atomic E-state index is 5.90. The zero-order valence-corrected chi connectivity index (χ0v) is 15.0. The van der Waals surface area contributed by atoms with E-state index in [1.54, 1.807) is 0 Å². The SMILES string of the molecule is CC1C(C)C(C)C(/C=C/CC2CC3OC3(C)C2(C)C)C1C. The Morgan fingerprint density at radius 3 is 2.00 bits per heavy atom. The van der Waals surface area contributed by atoms with Gasteiger partial charge in [0.1, 0.15) is 0 Å². The lowest BCUT2D eigenvalue weighted by molar-refractivity contribution is 0.0746. The summed E-state index contributed by atoms with van der Waals surface area (Å²) in [6.45, 7) is 16.9. The summed E-state index contributed by atoms with van der Waals surface area (Å²) in [5.74, 6) is 4.95. The van der Waals surface area contributed by atoms with Gasteiger partial charge < -0.3 is 4.74 Å².